The highest BCUT2D eigenvalue weighted by Gasteiger charge is 2.23. The van der Waals surface area contributed by atoms with Crippen LogP contribution in [0.5, 0.6) is 0 Å². The molecule has 0 amide bonds. The van der Waals surface area contributed by atoms with E-state index in [2.05, 4.69) is 10.6 Å². The Labute approximate surface area is 217 Å². The standard InChI is InChI=1S/C24H24ClF2N3O6S/c1-13(30-14(2)23(31)15-6-16(26)8-17(27)7-15)12-36-24(32)19-9-22(37(28,33)34)20(25)10-21(19)29-11-18-4-3-5-35-18/h3-10,13-14,29-30H,11-12H2,1-2H3,(H2,28,33,34)/t13-,14?/m1/s1. The first-order valence-corrected chi connectivity index (χ1v) is 12.8. The molecule has 9 nitrogen and oxygen atoms in total. The van der Waals surface area contributed by atoms with E-state index < -0.39 is 50.4 Å². The van der Waals surface area contributed by atoms with E-state index in [9.17, 15) is 26.8 Å². The van der Waals surface area contributed by atoms with Gasteiger partial charge in [0.2, 0.25) is 10.0 Å². The number of Topliss-reactive ketones (excluding diaryl/α,β-unsaturated/α-hetero) is 1. The van der Waals surface area contributed by atoms with Crippen LogP contribution in [0.4, 0.5) is 14.5 Å². The van der Waals surface area contributed by atoms with Crippen molar-refractivity contribution in [3.63, 3.8) is 0 Å². The number of esters is 1. The van der Waals surface area contributed by atoms with Crippen molar-refractivity contribution in [2.75, 3.05) is 11.9 Å². The van der Waals surface area contributed by atoms with E-state index >= 15 is 0 Å². The maximum absolute atomic E-state index is 13.4. The van der Waals surface area contributed by atoms with Gasteiger partial charge in [-0.3, -0.25) is 4.79 Å². The van der Waals surface area contributed by atoms with Gasteiger partial charge in [-0.1, -0.05) is 11.6 Å². The number of primary sulfonamides is 1. The molecule has 0 saturated heterocycles. The van der Waals surface area contributed by atoms with Crippen molar-refractivity contribution in [1.29, 1.82) is 0 Å². The van der Waals surface area contributed by atoms with Crippen molar-refractivity contribution in [2.24, 2.45) is 5.14 Å². The van der Waals surface area contributed by atoms with Crippen LogP contribution in [0.3, 0.4) is 0 Å². The molecule has 0 saturated carbocycles. The summed E-state index contributed by atoms with van der Waals surface area (Å²) in [6, 6.07) is 6.70. The number of carbonyl (C=O) groups excluding carboxylic acids is 2. The molecule has 37 heavy (non-hydrogen) atoms. The van der Waals surface area contributed by atoms with Crippen LogP contribution in [-0.4, -0.2) is 38.9 Å². The van der Waals surface area contributed by atoms with Crippen LogP contribution in [0.1, 0.15) is 40.3 Å². The lowest BCUT2D eigenvalue weighted by atomic mass is 10.0. The van der Waals surface area contributed by atoms with Gasteiger partial charge < -0.3 is 19.8 Å². The zero-order valence-corrected chi connectivity index (χ0v) is 21.3. The summed E-state index contributed by atoms with van der Waals surface area (Å²) in [5.74, 6) is -2.66. The maximum atomic E-state index is 13.4. The average Bonchev–Trinajstić information content (AvgIpc) is 3.33. The summed E-state index contributed by atoms with van der Waals surface area (Å²) in [7, 11) is -4.24. The third kappa shape index (κ3) is 7.59. The number of ketones is 1. The fourth-order valence-electron chi connectivity index (χ4n) is 3.46. The lowest BCUT2D eigenvalue weighted by Crippen LogP contribution is -2.42. The molecule has 3 aromatic rings. The molecule has 0 fully saturated rings. The second kappa shape index (κ2) is 11.8. The van der Waals surface area contributed by atoms with E-state index in [4.69, 9.17) is 25.9 Å². The summed E-state index contributed by atoms with van der Waals surface area (Å²) in [6.45, 7) is 3.06. The first-order valence-electron chi connectivity index (χ1n) is 10.9. The van der Waals surface area contributed by atoms with Gasteiger partial charge in [-0.05, 0) is 50.2 Å². The Morgan fingerprint density at radius 2 is 1.81 bits per heavy atom. The Hall–Kier alpha value is -3.32. The number of furan rings is 1. The highest BCUT2D eigenvalue weighted by molar-refractivity contribution is 7.89. The number of rotatable bonds is 11. The van der Waals surface area contributed by atoms with Crippen LogP contribution in [0.2, 0.25) is 5.02 Å². The Morgan fingerprint density at radius 1 is 1.14 bits per heavy atom. The number of benzene rings is 2. The molecule has 0 aliphatic carbocycles. The SMILES string of the molecule is CC(N[C@H](C)COC(=O)c1cc(S(N)(=O)=O)c(Cl)cc1NCc1ccco1)C(=O)c1cc(F)cc(F)c1. The van der Waals surface area contributed by atoms with Crippen LogP contribution in [-0.2, 0) is 21.3 Å². The molecule has 0 aliphatic rings. The number of hydrogen-bond acceptors (Lipinski definition) is 8. The first-order chi connectivity index (χ1) is 17.3. The minimum atomic E-state index is -4.24. The molecule has 13 heteroatoms. The number of ether oxygens (including phenoxy) is 1. The average molecular weight is 556 g/mol. The predicted molar refractivity (Wildman–Crippen MR) is 132 cm³/mol. The van der Waals surface area contributed by atoms with Gasteiger partial charge in [0.1, 0.15) is 28.9 Å². The molecule has 1 heterocycles. The van der Waals surface area contributed by atoms with Crippen molar-refractivity contribution in [1.82, 2.24) is 5.32 Å². The van der Waals surface area contributed by atoms with Crippen molar-refractivity contribution < 1.29 is 35.9 Å². The van der Waals surface area contributed by atoms with Gasteiger partial charge in [0.15, 0.2) is 5.78 Å². The van der Waals surface area contributed by atoms with E-state index in [0.29, 0.717) is 11.8 Å². The minimum Gasteiger partial charge on any atom is -0.467 e. The third-order valence-corrected chi connectivity index (χ3v) is 6.55. The van der Waals surface area contributed by atoms with Crippen LogP contribution in [0.15, 0.2) is 58.0 Å². The molecule has 0 radical (unpaired) electrons. The van der Waals surface area contributed by atoms with Gasteiger partial charge in [-0.2, -0.15) is 0 Å². The zero-order valence-electron chi connectivity index (χ0n) is 19.8. The molecule has 0 bridgehead atoms. The molecule has 3 rings (SSSR count). The zero-order chi connectivity index (χ0) is 27.3. The van der Waals surface area contributed by atoms with E-state index in [-0.39, 0.29) is 35.0 Å². The van der Waals surface area contributed by atoms with Crippen LogP contribution in [0.25, 0.3) is 0 Å². The number of nitrogens with one attached hydrogen (secondary N) is 2. The van der Waals surface area contributed by atoms with Gasteiger partial charge in [0, 0.05) is 17.7 Å². The molecule has 0 spiro atoms. The summed E-state index contributed by atoms with van der Waals surface area (Å²) in [6.07, 6.45) is 1.47. The minimum absolute atomic E-state index is 0.147. The quantitative estimate of drug-likeness (QED) is 0.239. The lowest BCUT2D eigenvalue weighted by Gasteiger charge is -2.20. The molecule has 2 aromatic carbocycles. The summed E-state index contributed by atoms with van der Waals surface area (Å²) in [4.78, 5) is 25.0. The fourth-order valence-corrected chi connectivity index (χ4v) is 4.56. The van der Waals surface area contributed by atoms with Crippen molar-refractivity contribution >= 4 is 39.1 Å². The molecule has 4 N–H and O–H groups in total. The normalized spacial score (nSPS) is 13.1. The Balaban J connectivity index is 1.71. The second-order valence-electron chi connectivity index (χ2n) is 8.22. The highest BCUT2D eigenvalue weighted by Crippen LogP contribution is 2.29. The van der Waals surface area contributed by atoms with Crippen LogP contribution >= 0.6 is 11.6 Å². The molecular weight excluding hydrogens is 532 g/mol. The lowest BCUT2D eigenvalue weighted by molar-refractivity contribution is 0.0468. The molecular formula is C24H24ClF2N3O6S. The maximum Gasteiger partial charge on any atom is 0.340 e. The van der Waals surface area contributed by atoms with E-state index in [1.165, 1.54) is 19.3 Å². The number of anilines is 1. The van der Waals surface area contributed by atoms with Gasteiger partial charge >= 0.3 is 5.97 Å². The fraction of sp³-hybridized carbons (Fsp3) is 0.250. The van der Waals surface area contributed by atoms with E-state index in [1.807, 2.05) is 0 Å². The molecule has 1 aromatic heterocycles. The Morgan fingerprint density at radius 3 is 2.41 bits per heavy atom. The van der Waals surface area contributed by atoms with E-state index in [1.54, 1.807) is 19.1 Å². The summed E-state index contributed by atoms with van der Waals surface area (Å²) in [5, 5.41) is 10.8. The molecule has 1 unspecified atom stereocenters. The van der Waals surface area contributed by atoms with Crippen LogP contribution < -0.4 is 15.8 Å². The Bertz CT molecular complexity index is 1380. The number of hydrogen-bond donors (Lipinski definition) is 3. The topological polar surface area (TPSA) is 141 Å². The first kappa shape index (κ1) is 28.3. The smallest absolute Gasteiger partial charge is 0.340 e. The van der Waals surface area contributed by atoms with E-state index in [0.717, 1.165) is 18.2 Å². The van der Waals surface area contributed by atoms with Crippen molar-refractivity contribution in [3.8, 4) is 0 Å². The molecule has 198 valence electrons. The van der Waals surface area contributed by atoms with Gasteiger partial charge in [-0.25, -0.2) is 27.1 Å². The highest BCUT2D eigenvalue weighted by atomic mass is 35.5. The Kier molecular flexibility index (Phi) is 9.02. The van der Waals surface area contributed by atoms with Gasteiger partial charge in [0.05, 0.1) is 35.1 Å². The number of halogens is 3. The van der Waals surface area contributed by atoms with Crippen LogP contribution in [0, 0.1) is 11.6 Å². The van der Waals surface area contributed by atoms with Crippen molar-refractivity contribution in [3.05, 3.63) is 82.3 Å². The van der Waals surface area contributed by atoms with Gasteiger partial charge in [0.25, 0.3) is 0 Å². The number of nitrogens with two attached hydrogens (primary N) is 1. The third-order valence-electron chi connectivity index (χ3n) is 5.17. The number of carbonyl (C=O) groups is 2. The second-order valence-corrected chi connectivity index (χ2v) is 10.2. The van der Waals surface area contributed by atoms with Gasteiger partial charge in [-0.15, -0.1) is 0 Å². The predicted octanol–water partition coefficient (Wildman–Crippen LogP) is 3.88. The summed E-state index contributed by atoms with van der Waals surface area (Å²) >= 11 is 6.07. The number of sulfonamides is 1. The molecule has 0 aliphatic heterocycles. The summed E-state index contributed by atoms with van der Waals surface area (Å²) in [5.41, 5.74) is -0.117. The van der Waals surface area contributed by atoms with Crippen molar-refractivity contribution in [2.45, 2.75) is 37.4 Å². The monoisotopic (exact) mass is 555 g/mol. The molecule has 2 atom stereocenters. The largest absolute Gasteiger partial charge is 0.467 e. The summed E-state index contributed by atoms with van der Waals surface area (Å²) < 4.78 is 61.3.